The van der Waals surface area contributed by atoms with Gasteiger partial charge < -0.3 is 4.52 Å². The average Bonchev–Trinajstić information content (AvgIpc) is 3.06. The molecule has 0 fully saturated rings. The van der Waals surface area contributed by atoms with E-state index in [1.807, 2.05) is 0 Å². The standard InChI is InChI=1S/C22H24N2O/c1-24(16-21-20-13-7-8-14-22(20)25-23-21)15-18-11-5-6-12-19(18)17-9-3-2-4-10-17/h2-6,9-12H,7-8,13-16H2,1H3. The average molecular weight is 332 g/mol. The number of hydrogen-bond acceptors (Lipinski definition) is 3. The lowest BCUT2D eigenvalue weighted by Gasteiger charge is -2.19. The zero-order valence-corrected chi connectivity index (χ0v) is 14.7. The van der Waals surface area contributed by atoms with E-state index in [0.717, 1.165) is 37.4 Å². The molecule has 0 unspecified atom stereocenters. The lowest BCUT2D eigenvalue weighted by Crippen LogP contribution is -2.19. The van der Waals surface area contributed by atoms with E-state index in [1.165, 1.54) is 35.1 Å². The molecule has 0 amide bonds. The lowest BCUT2D eigenvalue weighted by molar-refractivity contribution is 0.301. The van der Waals surface area contributed by atoms with Crippen molar-refractivity contribution in [1.82, 2.24) is 10.1 Å². The van der Waals surface area contributed by atoms with Crippen molar-refractivity contribution in [3.05, 3.63) is 77.2 Å². The maximum absolute atomic E-state index is 5.55. The smallest absolute Gasteiger partial charge is 0.140 e. The number of aromatic nitrogens is 1. The Bertz CT molecular complexity index is 838. The van der Waals surface area contributed by atoms with Gasteiger partial charge in [-0.15, -0.1) is 0 Å². The molecule has 0 radical (unpaired) electrons. The topological polar surface area (TPSA) is 29.3 Å². The van der Waals surface area contributed by atoms with Crippen molar-refractivity contribution in [1.29, 1.82) is 0 Å². The van der Waals surface area contributed by atoms with Crippen LogP contribution >= 0.6 is 0 Å². The Morgan fingerprint density at radius 1 is 0.920 bits per heavy atom. The quantitative estimate of drug-likeness (QED) is 0.669. The van der Waals surface area contributed by atoms with Gasteiger partial charge in [0.2, 0.25) is 0 Å². The fraction of sp³-hybridized carbons (Fsp3) is 0.318. The summed E-state index contributed by atoms with van der Waals surface area (Å²) in [6, 6.07) is 19.3. The minimum Gasteiger partial charge on any atom is -0.361 e. The molecule has 128 valence electrons. The van der Waals surface area contributed by atoms with Gasteiger partial charge in [-0.25, -0.2) is 0 Å². The van der Waals surface area contributed by atoms with Crippen LogP contribution in [0.2, 0.25) is 0 Å². The molecule has 1 aliphatic rings. The molecule has 0 saturated heterocycles. The highest BCUT2D eigenvalue weighted by Gasteiger charge is 2.20. The van der Waals surface area contributed by atoms with Gasteiger partial charge >= 0.3 is 0 Å². The van der Waals surface area contributed by atoms with Gasteiger partial charge in [-0.3, -0.25) is 4.90 Å². The van der Waals surface area contributed by atoms with E-state index in [4.69, 9.17) is 4.52 Å². The van der Waals surface area contributed by atoms with Crippen molar-refractivity contribution in [3.8, 4) is 11.1 Å². The largest absolute Gasteiger partial charge is 0.361 e. The Morgan fingerprint density at radius 2 is 1.68 bits per heavy atom. The fourth-order valence-corrected chi connectivity index (χ4v) is 3.73. The van der Waals surface area contributed by atoms with Crippen LogP contribution in [0.4, 0.5) is 0 Å². The molecule has 1 heterocycles. The molecule has 4 rings (SSSR count). The van der Waals surface area contributed by atoms with E-state index in [9.17, 15) is 0 Å². The van der Waals surface area contributed by atoms with Crippen molar-refractivity contribution < 1.29 is 4.52 Å². The molecule has 0 aliphatic heterocycles. The van der Waals surface area contributed by atoms with Crippen LogP contribution in [0.3, 0.4) is 0 Å². The fourth-order valence-electron chi connectivity index (χ4n) is 3.73. The number of fused-ring (bicyclic) bond motifs is 1. The van der Waals surface area contributed by atoms with Gasteiger partial charge in [0.05, 0.1) is 0 Å². The van der Waals surface area contributed by atoms with Crippen molar-refractivity contribution in [2.24, 2.45) is 0 Å². The van der Waals surface area contributed by atoms with Crippen molar-refractivity contribution in [2.45, 2.75) is 38.8 Å². The minimum atomic E-state index is 0.835. The molecule has 0 saturated carbocycles. The summed E-state index contributed by atoms with van der Waals surface area (Å²) in [5, 5.41) is 4.34. The van der Waals surface area contributed by atoms with Gasteiger partial charge in [-0.1, -0.05) is 59.8 Å². The third kappa shape index (κ3) is 3.52. The first-order valence-electron chi connectivity index (χ1n) is 9.09. The Hall–Kier alpha value is -2.39. The van der Waals surface area contributed by atoms with Crippen LogP contribution in [0, 0.1) is 0 Å². The number of rotatable bonds is 5. The number of benzene rings is 2. The molecule has 25 heavy (non-hydrogen) atoms. The predicted octanol–water partition coefficient (Wildman–Crippen LogP) is 4.85. The zero-order chi connectivity index (χ0) is 17.1. The van der Waals surface area contributed by atoms with E-state index in [0.29, 0.717) is 0 Å². The first kappa shape index (κ1) is 16.1. The van der Waals surface area contributed by atoms with Gasteiger partial charge in [0, 0.05) is 25.1 Å². The highest BCUT2D eigenvalue weighted by Crippen LogP contribution is 2.27. The molecule has 0 bridgehead atoms. The molecule has 2 aromatic carbocycles. The number of hydrogen-bond donors (Lipinski definition) is 0. The first-order chi connectivity index (χ1) is 12.3. The third-order valence-corrected chi connectivity index (χ3v) is 4.99. The summed E-state index contributed by atoms with van der Waals surface area (Å²) < 4.78 is 5.55. The highest BCUT2D eigenvalue weighted by atomic mass is 16.5. The molecule has 3 nitrogen and oxygen atoms in total. The van der Waals surface area contributed by atoms with E-state index >= 15 is 0 Å². The van der Waals surface area contributed by atoms with Crippen molar-refractivity contribution in [3.63, 3.8) is 0 Å². The predicted molar refractivity (Wildman–Crippen MR) is 100 cm³/mol. The van der Waals surface area contributed by atoms with E-state index in [1.54, 1.807) is 0 Å². The molecule has 3 aromatic rings. The van der Waals surface area contributed by atoms with Crippen LogP contribution in [0.15, 0.2) is 59.1 Å². The van der Waals surface area contributed by atoms with Crippen LogP contribution in [0.5, 0.6) is 0 Å². The summed E-state index contributed by atoms with van der Waals surface area (Å²) in [5.41, 5.74) is 6.39. The number of nitrogens with zero attached hydrogens (tertiary/aromatic N) is 2. The summed E-state index contributed by atoms with van der Waals surface area (Å²) in [5.74, 6) is 1.11. The second-order valence-corrected chi connectivity index (χ2v) is 6.93. The van der Waals surface area contributed by atoms with Gasteiger partial charge in [-0.2, -0.15) is 0 Å². The maximum atomic E-state index is 5.55. The molecule has 0 N–H and O–H groups in total. The van der Waals surface area contributed by atoms with E-state index in [2.05, 4.69) is 71.7 Å². The van der Waals surface area contributed by atoms with Gasteiger partial charge in [0.1, 0.15) is 11.5 Å². The number of aryl methyl sites for hydroxylation is 1. The van der Waals surface area contributed by atoms with E-state index < -0.39 is 0 Å². The van der Waals surface area contributed by atoms with Crippen molar-refractivity contribution in [2.75, 3.05) is 7.05 Å². The molecular formula is C22H24N2O. The zero-order valence-electron chi connectivity index (χ0n) is 14.7. The highest BCUT2D eigenvalue weighted by molar-refractivity contribution is 5.67. The summed E-state index contributed by atoms with van der Waals surface area (Å²) in [6.45, 7) is 1.73. The monoisotopic (exact) mass is 332 g/mol. The molecule has 0 atom stereocenters. The van der Waals surface area contributed by atoms with Crippen LogP contribution in [0.1, 0.15) is 35.4 Å². The Morgan fingerprint density at radius 3 is 2.56 bits per heavy atom. The summed E-state index contributed by atoms with van der Waals surface area (Å²) in [7, 11) is 2.16. The molecule has 3 heteroatoms. The van der Waals surface area contributed by atoms with Crippen LogP contribution in [0.25, 0.3) is 11.1 Å². The summed E-state index contributed by atoms with van der Waals surface area (Å²) >= 11 is 0. The maximum Gasteiger partial charge on any atom is 0.140 e. The van der Waals surface area contributed by atoms with E-state index in [-0.39, 0.29) is 0 Å². The van der Waals surface area contributed by atoms with Gasteiger partial charge in [0.15, 0.2) is 0 Å². The second kappa shape index (κ2) is 7.24. The third-order valence-electron chi connectivity index (χ3n) is 4.99. The Labute approximate surface area is 149 Å². The first-order valence-corrected chi connectivity index (χ1v) is 9.09. The van der Waals surface area contributed by atoms with Crippen LogP contribution < -0.4 is 0 Å². The molecule has 1 aliphatic carbocycles. The molecule has 0 spiro atoms. The van der Waals surface area contributed by atoms with Crippen LogP contribution in [-0.2, 0) is 25.9 Å². The Balaban J connectivity index is 1.52. The van der Waals surface area contributed by atoms with Crippen molar-refractivity contribution >= 4 is 0 Å². The van der Waals surface area contributed by atoms with Gasteiger partial charge in [-0.05, 0) is 43.0 Å². The van der Waals surface area contributed by atoms with Gasteiger partial charge in [0.25, 0.3) is 0 Å². The minimum absolute atomic E-state index is 0.835. The second-order valence-electron chi connectivity index (χ2n) is 6.93. The van der Waals surface area contributed by atoms with Crippen LogP contribution in [-0.4, -0.2) is 17.1 Å². The Kier molecular flexibility index (Phi) is 4.66. The molecule has 1 aromatic heterocycles. The lowest BCUT2D eigenvalue weighted by atomic mass is 9.96. The summed E-state index contributed by atoms with van der Waals surface area (Å²) in [6.07, 6.45) is 4.63. The normalized spacial score (nSPS) is 13.8. The summed E-state index contributed by atoms with van der Waals surface area (Å²) in [4.78, 5) is 2.33. The molecular weight excluding hydrogens is 308 g/mol. The SMILES string of the molecule is CN(Cc1ccccc1-c1ccccc1)Cc1noc2c1CCCC2.